The monoisotopic (exact) mass is 569 g/mol. The molecule has 0 atom stereocenters. The van der Waals surface area contributed by atoms with Gasteiger partial charge in [0.25, 0.3) is 5.91 Å². The molecule has 2 aromatic carbocycles. The molecular weight excluding hydrogens is 557 g/mol. The van der Waals surface area contributed by atoms with Gasteiger partial charge in [0.2, 0.25) is 5.75 Å². The highest BCUT2D eigenvalue weighted by atomic mass is 79.9. The van der Waals surface area contributed by atoms with Crippen molar-refractivity contribution in [1.82, 2.24) is 0 Å². The molecule has 0 bridgehead atoms. The predicted molar refractivity (Wildman–Crippen MR) is 117 cm³/mol. The van der Waals surface area contributed by atoms with E-state index in [1.165, 1.54) is 39.5 Å². The zero-order valence-electron chi connectivity index (χ0n) is 15.4. The van der Waals surface area contributed by atoms with Gasteiger partial charge >= 0.3 is 5.97 Å². The molecule has 0 fully saturated rings. The van der Waals surface area contributed by atoms with E-state index in [-0.39, 0.29) is 31.8 Å². The number of amides is 1. The van der Waals surface area contributed by atoms with Crippen molar-refractivity contribution in [3.05, 3.63) is 42.8 Å². The smallest absolute Gasteiger partial charge is 0.341 e. The number of nitrogens with one attached hydrogen (secondary N) is 1. The topological polar surface area (TPSA) is 83.1 Å². The molecule has 2 aromatic rings. The molecule has 0 spiro atoms. The third kappa shape index (κ3) is 5.48. The minimum absolute atomic E-state index is 0.0677. The summed E-state index contributed by atoms with van der Waals surface area (Å²) >= 11 is 18.4. The maximum Gasteiger partial charge on any atom is 0.341 e. The Hall–Kier alpha value is -1.68. The summed E-state index contributed by atoms with van der Waals surface area (Å²) in [4.78, 5) is 24.8. The summed E-state index contributed by atoms with van der Waals surface area (Å²) < 4.78 is 21.6. The van der Waals surface area contributed by atoms with Gasteiger partial charge in [-0.2, -0.15) is 0 Å². The van der Waals surface area contributed by atoms with E-state index in [1.54, 1.807) is 0 Å². The molecule has 0 aliphatic heterocycles. The van der Waals surface area contributed by atoms with E-state index in [2.05, 4.69) is 37.2 Å². The van der Waals surface area contributed by atoms with E-state index < -0.39 is 18.5 Å². The van der Waals surface area contributed by atoms with Gasteiger partial charge in [-0.3, -0.25) is 4.79 Å². The number of rotatable bonds is 7. The first-order valence-corrected chi connectivity index (χ1v) is 10.2. The Kier molecular flexibility index (Phi) is 8.45. The molecule has 0 aliphatic carbocycles. The SMILES string of the molecule is COc1c(Br)c(C(=O)OCC(=O)Nc2cc(Cl)cc(Cl)c2)c(Br)c(OC)c1OC. The first-order chi connectivity index (χ1) is 13.7. The molecule has 1 amide bonds. The van der Waals surface area contributed by atoms with E-state index in [0.29, 0.717) is 15.7 Å². The Labute approximate surface area is 193 Å². The van der Waals surface area contributed by atoms with Crippen molar-refractivity contribution in [3.8, 4) is 17.2 Å². The van der Waals surface area contributed by atoms with Gasteiger partial charge in [0, 0.05) is 15.7 Å². The highest BCUT2D eigenvalue weighted by molar-refractivity contribution is 9.11. The van der Waals surface area contributed by atoms with E-state index >= 15 is 0 Å². The van der Waals surface area contributed by atoms with Crippen molar-refractivity contribution in [2.24, 2.45) is 0 Å². The van der Waals surface area contributed by atoms with Crippen LogP contribution in [0.1, 0.15) is 10.4 Å². The van der Waals surface area contributed by atoms with Gasteiger partial charge < -0.3 is 24.3 Å². The molecule has 156 valence electrons. The Morgan fingerprint density at radius 1 is 0.897 bits per heavy atom. The summed E-state index contributed by atoms with van der Waals surface area (Å²) in [5, 5.41) is 3.26. The van der Waals surface area contributed by atoms with Crippen LogP contribution in [0.5, 0.6) is 17.2 Å². The zero-order valence-corrected chi connectivity index (χ0v) is 20.1. The van der Waals surface area contributed by atoms with Crippen molar-refractivity contribution in [2.75, 3.05) is 33.3 Å². The summed E-state index contributed by atoms with van der Waals surface area (Å²) in [6.45, 7) is -0.543. The molecule has 7 nitrogen and oxygen atoms in total. The number of benzene rings is 2. The maximum absolute atomic E-state index is 12.6. The lowest BCUT2D eigenvalue weighted by atomic mass is 10.2. The molecule has 1 N–H and O–H groups in total. The van der Waals surface area contributed by atoms with E-state index in [1.807, 2.05) is 0 Å². The molecule has 11 heteroatoms. The lowest BCUT2D eigenvalue weighted by molar-refractivity contribution is -0.119. The van der Waals surface area contributed by atoms with Crippen molar-refractivity contribution in [2.45, 2.75) is 0 Å². The third-order valence-electron chi connectivity index (χ3n) is 3.55. The van der Waals surface area contributed by atoms with Gasteiger partial charge in [-0.15, -0.1) is 0 Å². The fourth-order valence-corrected chi connectivity index (χ4v) is 4.58. The van der Waals surface area contributed by atoms with E-state index in [9.17, 15) is 9.59 Å². The van der Waals surface area contributed by atoms with Crippen molar-refractivity contribution < 1.29 is 28.5 Å². The lowest BCUT2D eigenvalue weighted by Crippen LogP contribution is -2.21. The average molecular weight is 572 g/mol. The molecule has 0 saturated heterocycles. The number of carbonyl (C=O) groups excluding carboxylic acids is 2. The Balaban J connectivity index is 2.21. The van der Waals surface area contributed by atoms with Crippen LogP contribution >= 0.6 is 55.1 Å². The molecule has 0 unspecified atom stereocenters. The van der Waals surface area contributed by atoms with Gasteiger partial charge in [0.05, 0.1) is 35.8 Å². The molecule has 0 radical (unpaired) electrons. The van der Waals surface area contributed by atoms with Crippen LogP contribution in [0.2, 0.25) is 10.0 Å². The van der Waals surface area contributed by atoms with Crippen LogP contribution in [0.4, 0.5) is 5.69 Å². The van der Waals surface area contributed by atoms with Crippen LogP contribution in [-0.4, -0.2) is 39.8 Å². The number of halogens is 4. The molecule has 0 saturated carbocycles. The van der Waals surface area contributed by atoms with E-state index in [4.69, 9.17) is 42.1 Å². The summed E-state index contributed by atoms with van der Waals surface area (Å²) in [5.41, 5.74) is 0.441. The number of carbonyl (C=O) groups is 2. The summed E-state index contributed by atoms with van der Waals surface area (Å²) in [6.07, 6.45) is 0. The van der Waals surface area contributed by atoms with Crippen LogP contribution < -0.4 is 19.5 Å². The Morgan fingerprint density at radius 3 is 1.83 bits per heavy atom. The van der Waals surface area contributed by atoms with Crippen LogP contribution in [-0.2, 0) is 9.53 Å². The number of methoxy groups -OCH3 is 3. The number of esters is 1. The van der Waals surface area contributed by atoms with Gasteiger partial charge in [0.1, 0.15) is 0 Å². The third-order valence-corrected chi connectivity index (χ3v) is 5.50. The standard InChI is InChI=1S/C18H15Br2Cl2NO6/c1-26-15-13(19)12(14(20)16(27-2)17(15)28-3)18(25)29-7-11(24)23-10-5-8(21)4-9(22)6-10/h4-6H,7H2,1-3H3,(H,23,24). The predicted octanol–water partition coefficient (Wildman–Crippen LogP) is 5.34. The van der Waals surface area contributed by atoms with Gasteiger partial charge in [-0.25, -0.2) is 4.79 Å². The molecular formula is C18H15Br2Cl2NO6. The minimum atomic E-state index is -0.790. The van der Waals surface area contributed by atoms with Crippen LogP contribution in [0.3, 0.4) is 0 Å². The highest BCUT2D eigenvalue weighted by Gasteiger charge is 2.29. The number of hydrogen-bond donors (Lipinski definition) is 1. The summed E-state index contributed by atoms with van der Waals surface area (Å²) in [5.74, 6) is -0.616. The lowest BCUT2D eigenvalue weighted by Gasteiger charge is -2.18. The van der Waals surface area contributed by atoms with Gasteiger partial charge in [0.15, 0.2) is 18.1 Å². The second kappa shape index (κ2) is 10.4. The van der Waals surface area contributed by atoms with Crippen LogP contribution in [0, 0.1) is 0 Å². The Bertz CT molecular complexity index is 903. The fourth-order valence-electron chi connectivity index (χ4n) is 2.38. The molecule has 29 heavy (non-hydrogen) atoms. The van der Waals surface area contributed by atoms with Gasteiger partial charge in [-0.05, 0) is 50.1 Å². The highest BCUT2D eigenvalue weighted by Crippen LogP contribution is 2.50. The summed E-state index contributed by atoms with van der Waals surface area (Å²) in [7, 11) is 4.26. The van der Waals surface area contributed by atoms with Crippen LogP contribution in [0.15, 0.2) is 27.1 Å². The average Bonchev–Trinajstić information content (AvgIpc) is 2.65. The largest absolute Gasteiger partial charge is 0.492 e. The van der Waals surface area contributed by atoms with Crippen molar-refractivity contribution >= 4 is 72.6 Å². The first-order valence-electron chi connectivity index (χ1n) is 7.83. The zero-order chi connectivity index (χ0) is 21.7. The normalized spacial score (nSPS) is 10.3. The number of anilines is 1. The van der Waals surface area contributed by atoms with Gasteiger partial charge in [-0.1, -0.05) is 23.2 Å². The number of ether oxygens (including phenoxy) is 4. The van der Waals surface area contributed by atoms with E-state index in [0.717, 1.165) is 0 Å². The first kappa shape index (κ1) is 23.6. The molecule has 0 aliphatic rings. The quantitative estimate of drug-likeness (QED) is 0.452. The number of hydrogen-bond acceptors (Lipinski definition) is 6. The van der Waals surface area contributed by atoms with Crippen molar-refractivity contribution in [3.63, 3.8) is 0 Å². The molecule has 0 heterocycles. The summed E-state index contributed by atoms with van der Waals surface area (Å²) in [6, 6.07) is 4.55. The second-order valence-corrected chi connectivity index (χ2v) is 7.84. The minimum Gasteiger partial charge on any atom is -0.492 e. The maximum atomic E-state index is 12.6. The Morgan fingerprint density at radius 2 is 1.38 bits per heavy atom. The molecule has 2 rings (SSSR count). The van der Waals surface area contributed by atoms with Crippen LogP contribution in [0.25, 0.3) is 0 Å². The van der Waals surface area contributed by atoms with Crippen molar-refractivity contribution in [1.29, 1.82) is 0 Å². The second-order valence-electron chi connectivity index (χ2n) is 5.39. The molecule has 0 aromatic heterocycles. The fraction of sp³-hybridized carbons (Fsp3) is 0.222.